The Labute approximate surface area is 88.5 Å². The van der Waals surface area contributed by atoms with Crippen LogP contribution < -0.4 is 0 Å². The summed E-state index contributed by atoms with van der Waals surface area (Å²) in [7, 11) is 0. The molecular formula is C12H12O3. The summed E-state index contributed by atoms with van der Waals surface area (Å²) in [4.78, 5) is 10.4. The molecule has 0 bridgehead atoms. The molecule has 3 heteroatoms. The van der Waals surface area contributed by atoms with Crippen LogP contribution >= 0.6 is 0 Å². The van der Waals surface area contributed by atoms with E-state index in [0.29, 0.717) is 5.57 Å². The third kappa shape index (κ3) is 2.12. The van der Waals surface area contributed by atoms with Crippen molar-refractivity contribution in [2.75, 3.05) is 0 Å². The average Bonchev–Trinajstić information content (AvgIpc) is 2.15. The molecule has 0 aromatic carbocycles. The first-order valence-corrected chi connectivity index (χ1v) is 4.54. The van der Waals surface area contributed by atoms with Crippen LogP contribution in [-0.2, 0) is 9.45 Å². The van der Waals surface area contributed by atoms with Crippen LogP contribution in [0, 0.1) is 17.7 Å². The summed E-state index contributed by atoms with van der Waals surface area (Å²) in [5.41, 5.74) is 0.407. The van der Waals surface area contributed by atoms with Crippen molar-refractivity contribution in [2.45, 2.75) is 20.8 Å². The molecule has 0 heterocycles. The fourth-order valence-electron chi connectivity index (χ4n) is 1.40. The van der Waals surface area contributed by atoms with Crippen molar-refractivity contribution in [1.29, 1.82) is 0 Å². The summed E-state index contributed by atoms with van der Waals surface area (Å²) in [5, 5.41) is 9.61. The van der Waals surface area contributed by atoms with Gasteiger partial charge in [0.2, 0.25) is 0 Å². The van der Waals surface area contributed by atoms with E-state index in [4.69, 9.17) is 0 Å². The van der Waals surface area contributed by atoms with Crippen molar-refractivity contribution in [3.63, 3.8) is 0 Å². The molecule has 0 aliphatic heterocycles. The van der Waals surface area contributed by atoms with Gasteiger partial charge in [0.15, 0.2) is 0 Å². The van der Waals surface area contributed by atoms with Crippen LogP contribution in [0.2, 0.25) is 0 Å². The first-order chi connectivity index (χ1) is 6.91. The predicted molar refractivity (Wildman–Crippen MR) is 54.6 cm³/mol. The van der Waals surface area contributed by atoms with Crippen molar-refractivity contribution in [2.24, 2.45) is 5.41 Å². The second-order valence-corrected chi connectivity index (χ2v) is 4.34. The fraction of sp³-hybridized carbons (Fsp3) is 0.333. The monoisotopic (exact) mass is 204 g/mol. The van der Waals surface area contributed by atoms with Gasteiger partial charge in [0.25, 0.3) is 0 Å². The number of rotatable bonds is 0. The molecular weight excluding hydrogens is 192 g/mol. The molecule has 0 spiro atoms. The Morgan fingerprint density at radius 3 is 2.40 bits per heavy atom. The first-order valence-electron chi connectivity index (χ1n) is 4.54. The van der Waals surface area contributed by atoms with Gasteiger partial charge < -0.3 is 0 Å². The molecule has 1 aliphatic rings. The molecule has 0 aromatic rings. The van der Waals surface area contributed by atoms with E-state index in [1.807, 2.05) is 20.8 Å². The van der Waals surface area contributed by atoms with E-state index in [-0.39, 0.29) is 22.7 Å². The molecule has 0 fully saturated rings. The van der Waals surface area contributed by atoms with E-state index < -0.39 is 0 Å². The summed E-state index contributed by atoms with van der Waals surface area (Å²) in [6.07, 6.45) is 4.41. The molecule has 78 valence electrons. The SMILES string of the molecule is CC(C)(C)C1=C(C#[O+])[C-](O)C(=C=O)C=C1. The van der Waals surface area contributed by atoms with Gasteiger partial charge in [-0.15, -0.1) is 0 Å². The zero-order valence-corrected chi connectivity index (χ0v) is 8.92. The van der Waals surface area contributed by atoms with Gasteiger partial charge in [-0.2, -0.15) is 0 Å². The molecule has 0 atom stereocenters. The van der Waals surface area contributed by atoms with Crippen LogP contribution in [-0.4, -0.2) is 11.0 Å². The van der Waals surface area contributed by atoms with Crippen LogP contribution in [0.1, 0.15) is 20.8 Å². The number of hydrogen-bond acceptors (Lipinski definition) is 2. The van der Waals surface area contributed by atoms with Crippen LogP contribution in [0.5, 0.6) is 0 Å². The van der Waals surface area contributed by atoms with E-state index in [0.717, 1.165) is 0 Å². The molecule has 0 saturated heterocycles. The molecule has 3 nitrogen and oxygen atoms in total. The number of carbonyl (C=O) groups excluding carboxylic acids is 1. The molecule has 1 aliphatic carbocycles. The first kappa shape index (κ1) is 11.6. The van der Waals surface area contributed by atoms with Gasteiger partial charge in [-0.3, -0.25) is 0 Å². The maximum absolute atomic E-state index is 10.7. The Hall–Kier alpha value is -1.50. The summed E-state index contributed by atoms with van der Waals surface area (Å²) in [6.45, 7) is 5.73. The van der Waals surface area contributed by atoms with Crippen LogP contribution in [0.15, 0.2) is 28.9 Å². The van der Waals surface area contributed by atoms with Gasteiger partial charge in [-0.05, 0) is 0 Å². The summed E-state index contributed by atoms with van der Waals surface area (Å²) < 4.78 is 10.7. The van der Waals surface area contributed by atoms with E-state index in [2.05, 4.69) is 0 Å². The number of aliphatic hydroxyl groups is 1. The van der Waals surface area contributed by atoms with Gasteiger partial charge >= 0.3 is 87.8 Å². The van der Waals surface area contributed by atoms with Crippen LogP contribution in [0.4, 0.5) is 0 Å². The second-order valence-electron chi connectivity index (χ2n) is 4.34. The molecule has 1 rings (SSSR count). The van der Waals surface area contributed by atoms with Crippen molar-refractivity contribution in [1.82, 2.24) is 0 Å². The average molecular weight is 204 g/mol. The van der Waals surface area contributed by atoms with Crippen LogP contribution in [0.3, 0.4) is 0 Å². The van der Waals surface area contributed by atoms with Gasteiger partial charge in [0, 0.05) is 0 Å². The number of hydrogen-bond donors (Lipinski definition) is 1. The molecule has 0 amide bonds. The third-order valence-electron chi connectivity index (χ3n) is 2.20. The molecule has 0 aromatic heterocycles. The fourth-order valence-corrected chi connectivity index (χ4v) is 1.40. The zero-order valence-electron chi connectivity index (χ0n) is 8.92. The standard InChI is InChI=1S/C12H12O3/c1-12(2,3)10-5-4-8(6-13)11(15)9(10)7-14/h4-5,15H,1-3H3. The summed E-state index contributed by atoms with van der Waals surface area (Å²) in [5.74, 6) is 1.57. The number of aliphatic hydroxyl groups excluding tert-OH is 1. The van der Waals surface area contributed by atoms with E-state index >= 15 is 0 Å². The van der Waals surface area contributed by atoms with Crippen molar-refractivity contribution < 1.29 is 14.6 Å². The Kier molecular flexibility index (Phi) is 3.04. The molecule has 0 saturated carbocycles. The zero-order chi connectivity index (χ0) is 11.6. The molecule has 0 radical (unpaired) electrons. The van der Waals surface area contributed by atoms with Gasteiger partial charge in [0.05, 0.1) is 0 Å². The summed E-state index contributed by atoms with van der Waals surface area (Å²) >= 11 is 0. The Bertz CT molecular complexity index is 421. The van der Waals surface area contributed by atoms with E-state index in [1.54, 1.807) is 18.2 Å². The van der Waals surface area contributed by atoms with Crippen molar-refractivity contribution >= 4 is 5.94 Å². The second kappa shape index (κ2) is 3.93. The summed E-state index contributed by atoms with van der Waals surface area (Å²) in [6, 6.07) is 0. The van der Waals surface area contributed by atoms with Crippen LogP contribution in [0.25, 0.3) is 0 Å². The molecule has 0 unspecified atom stereocenters. The minimum absolute atomic E-state index is 0.0126. The van der Waals surface area contributed by atoms with E-state index in [9.17, 15) is 14.6 Å². The topological polar surface area (TPSA) is 57.2 Å². The Balaban J connectivity index is 3.35. The van der Waals surface area contributed by atoms with Crippen molar-refractivity contribution in [3.05, 3.63) is 35.0 Å². The van der Waals surface area contributed by atoms with E-state index in [1.165, 1.54) is 6.08 Å². The van der Waals surface area contributed by atoms with Crippen molar-refractivity contribution in [3.8, 4) is 6.15 Å². The predicted octanol–water partition coefficient (Wildman–Crippen LogP) is 1.95. The van der Waals surface area contributed by atoms with Gasteiger partial charge in [0.1, 0.15) is 0 Å². The minimum atomic E-state index is -0.340. The molecule has 15 heavy (non-hydrogen) atoms. The van der Waals surface area contributed by atoms with Gasteiger partial charge in [-0.25, -0.2) is 0 Å². The quantitative estimate of drug-likeness (QED) is 0.372. The Morgan fingerprint density at radius 2 is 2.00 bits per heavy atom. The third-order valence-corrected chi connectivity index (χ3v) is 2.20. The number of allylic oxidation sites excluding steroid dienone is 2. The maximum atomic E-state index is 10.7. The Morgan fingerprint density at radius 1 is 1.40 bits per heavy atom. The molecule has 1 N–H and O–H groups in total. The van der Waals surface area contributed by atoms with Gasteiger partial charge in [-0.1, -0.05) is 0 Å². The normalized spacial score (nSPS) is 16.5.